The van der Waals surface area contributed by atoms with E-state index in [1.807, 2.05) is 12.3 Å². The monoisotopic (exact) mass is 297 g/mol. The molecule has 0 unspecified atom stereocenters. The van der Waals surface area contributed by atoms with Gasteiger partial charge in [0.05, 0.1) is 0 Å². The van der Waals surface area contributed by atoms with Gasteiger partial charge in [-0.15, -0.1) is 0 Å². The largest absolute Gasteiger partial charge is 0.356 e. The summed E-state index contributed by atoms with van der Waals surface area (Å²) < 4.78 is 0. The van der Waals surface area contributed by atoms with E-state index in [1.165, 1.54) is 18.4 Å². The summed E-state index contributed by atoms with van der Waals surface area (Å²) in [7, 11) is 0. The lowest BCUT2D eigenvalue weighted by molar-refractivity contribution is 0.502. The van der Waals surface area contributed by atoms with Crippen LogP contribution in [-0.2, 0) is 0 Å². The number of hydrogen-bond donors (Lipinski definition) is 2. The van der Waals surface area contributed by atoms with Crippen LogP contribution in [-0.4, -0.2) is 36.1 Å². The molecule has 1 aromatic heterocycles. The average Bonchev–Trinajstić information content (AvgIpc) is 2.61. The Morgan fingerprint density at radius 2 is 1.91 bits per heavy atom. The molecular formula is C17H23N5. The van der Waals surface area contributed by atoms with Crippen molar-refractivity contribution < 1.29 is 0 Å². The summed E-state index contributed by atoms with van der Waals surface area (Å²) >= 11 is 0. The standard InChI is InChI=1S/C17H23N5/c18-9-11-20-17-19-10-6-16(21-17)22-12-7-15(8-13-22)14-4-2-1-3-5-14/h1-6,10,15H,7-9,11-13,18H2,(H,19,20,21). The minimum absolute atomic E-state index is 0.579. The third kappa shape index (κ3) is 3.54. The van der Waals surface area contributed by atoms with Crippen LogP contribution in [0.1, 0.15) is 24.3 Å². The second kappa shape index (κ2) is 7.22. The van der Waals surface area contributed by atoms with Crippen molar-refractivity contribution in [3.8, 4) is 0 Å². The third-order valence-electron chi connectivity index (χ3n) is 4.16. The van der Waals surface area contributed by atoms with E-state index in [0.29, 0.717) is 25.0 Å². The Hall–Kier alpha value is -2.14. The van der Waals surface area contributed by atoms with Crippen molar-refractivity contribution in [3.63, 3.8) is 0 Å². The van der Waals surface area contributed by atoms with Crippen molar-refractivity contribution in [3.05, 3.63) is 48.2 Å². The Labute approximate surface area is 131 Å². The maximum absolute atomic E-state index is 5.50. The Morgan fingerprint density at radius 1 is 1.14 bits per heavy atom. The van der Waals surface area contributed by atoms with Gasteiger partial charge in [0.15, 0.2) is 0 Å². The zero-order chi connectivity index (χ0) is 15.2. The summed E-state index contributed by atoms with van der Waals surface area (Å²) in [5, 5.41) is 3.13. The first kappa shape index (κ1) is 14.8. The molecule has 1 aliphatic heterocycles. The highest BCUT2D eigenvalue weighted by molar-refractivity contribution is 5.43. The molecule has 2 heterocycles. The molecule has 0 atom stereocenters. The van der Waals surface area contributed by atoms with E-state index in [4.69, 9.17) is 5.73 Å². The molecule has 0 saturated carbocycles. The lowest BCUT2D eigenvalue weighted by atomic mass is 9.89. The van der Waals surface area contributed by atoms with Gasteiger partial charge in [-0.05, 0) is 30.4 Å². The highest BCUT2D eigenvalue weighted by Crippen LogP contribution is 2.29. The maximum Gasteiger partial charge on any atom is 0.224 e. The Balaban J connectivity index is 1.61. The lowest BCUT2D eigenvalue weighted by Crippen LogP contribution is -2.33. The number of aromatic nitrogens is 2. The highest BCUT2D eigenvalue weighted by Gasteiger charge is 2.21. The van der Waals surface area contributed by atoms with E-state index in [0.717, 1.165) is 18.9 Å². The molecule has 2 aromatic rings. The summed E-state index contributed by atoms with van der Waals surface area (Å²) in [4.78, 5) is 11.2. The summed E-state index contributed by atoms with van der Waals surface area (Å²) in [6.07, 6.45) is 4.14. The number of rotatable bonds is 5. The summed E-state index contributed by atoms with van der Waals surface area (Å²) in [6.45, 7) is 3.34. The Bertz CT molecular complexity index is 579. The Morgan fingerprint density at radius 3 is 2.64 bits per heavy atom. The molecule has 22 heavy (non-hydrogen) atoms. The van der Waals surface area contributed by atoms with Gasteiger partial charge >= 0.3 is 0 Å². The molecular weight excluding hydrogens is 274 g/mol. The molecule has 1 aliphatic rings. The molecule has 5 nitrogen and oxygen atoms in total. The molecule has 1 fully saturated rings. The average molecular weight is 297 g/mol. The van der Waals surface area contributed by atoms with Gasteiger partial charge in [0.2, 0.25) is 5.95 Å². The molecule has 0 spiro atoms. The molecule has 1 saturated heterocycles. The Kier molecular flexibility index (Phi) is 4.85. The smallest absolute Gasteiger partial charge is 0.224 e. The zero-order valence-corrected chi connectivity index (χ0v) is 12.8. The predicted octanol–water partition coefficient (Wildman–Crippen LogP) is 2.23. The van der Waals surface area contributed by atoms with Crippen LogP contribution in [0.2, 0.25) is 0 Å². The third-order valence-corrected chi connectivity index (χ3v) is 4.16. The van der Waals surface area contributed by atoms with Crippen LogP contribution in [0, 0.1) is 0 Å². The van der Waals surface area contributed by atoms with E-state index < -0.39 is 0 Å². The van der Waals surface area contributed by atoms with Gasteiger partial charge in [0.1, 0.15) is 5.82 Å². The van der Waals surface area contributed by atoms with Gasteiger partial charge in [-0.3, -0.25) is 0 Å². The van der Waals surface area contributed by atoms with Crippen molar-refractivity contribution in [1.82, 2.24) is 9.97 Å². The fraction of sp³-hybridized carbons (Fsp3) is 0.412. The zero-order valence-electron chi connectivity index (χ0n) is 12.8. The van der Waals surface area contributed by atoms with Gasteiger partial charge in [0.25, 0.3) is 0 Å². The van der Waals surface area contributed by atoms with Crippen molar-refractivity contribution in [2.45, 2.75) is 18.8 Å². The number of piperidine rings is 1. The molecule has 3 N–H and O–H groups in total. The molecule has 116 valence electrons. The number of nitrogens with two attached hydrogens (primary N) is 1. The van der Waals surface area contributed by atoms with E-state index in [9.17, 15) is 0 Å². The van der Waals surface area contributed by atoms with E-state index in [2.05, 4.69) is 50.5 Å². The summed E-state index contributed by atoms with van der Waals surface area (Å²) in [6, 6.07) is 12.8. The van der Waals surface area contributed by atoms with Gasteiger partial charge in [-0.2, -0.15) is 4.98 Å². The van der Waals surface area contributed by atoms with Crippen LogP contribution in [0.3, 0.4) is 0 Å². The number of nitrogens with one attached hydrogen (secondary N) is 1. The van der Waals surface area contributed by atoms with Crippen LogP contribution >= 0.6 is 0 Å². The molecule has 0 amide bonds. The predicted molar refractivity (Wildman–Crippen MR) is 90.2 cm³/mol. The van der Waals surface area contributed by atoms with Gasteiger partial charge in [-0.25, -0.2) is 4.98 Å². The van der Waals surface area contributed by atoms with E-state index in [1.54, 1.807) is 0 Å². The van der Waals surface area contributed by atoms with E-state index >= 15 is 0 Å². The number of benzene rings is 1. The number of anilines is 2. The number of hydrogen-bond acceptors (Lipinski definition) is 5. The van der Waals surface area contributed by atoms with Gasteiger partial charge < -0.3 is 16.0 Å². The first-order valence-corrected chi connectivity index (χ1v) is 7.93. The quantitative estimate of drug-likeness (QED) is 0.886. The second-order valence-electron chi connectivity index (χ2n) is 5.63. The fourth-order valence-electron chi connectivity index (χ4n) is 2.96. The van der Waals surface area contributed by atoms with Crippen LogP contribution in [0.15, 0.2) is 42.6 Å². The number of nitrogens with zero attached hydrogens (tertiary/aromatic N) is 3. The molecule has 1 aromatic carbocycles. The minimum atomic E-state index is 0.579. The first-order chi connectivity index (χ1) is 10.9. The molecule has 0 radical (unpaired) electrons. The molecule has 0 aliphatic carbocycles. The van der Waals surface area contributed by atoms with E-state index in [-0.39, 0.29) is 0 Å². The fourth-order valence-corrected chi connectivity index (χ4v) is 2.96. The summed E-state index contributed by atoms with van der Waals surface area (Å²) in [5.74, 6) is 2.32. The van der Waals surface area contributed by atoms with Crippen LogP contribution < -0.4 is 16.0 Å². The molecule has 3 rings (SSSR count). The van der Waals surface area contributed by atoms with Crippen molar-refractivity contribution in [1.29, 1.82) is 0 Å². The van der Waals surface area contributed by atoms with Crippen molar-refractivity contribution >= 4 is 11.8 Å². The second-order valence-corrected chi connectivity index (χ2v) is 5.63. The topological polar surface area (TPSA) is 67.1 Å². The van der Waals surface area contributed by atoms with Crippen molar-refractivity contribution in [2.24, 2.45) is 5.73 Å². The lowest BCUT2D eigenvalue weighted by Gasteiger charge is -2.33. The molecule has 0 bridgehead atoms. The van der Waals surface area contributed by atoms with Crippen LogP contribution in [0.4, 0.5) is 11.8 Å². The minimum Gasteiger partial charge on any atom is -0.356 e. The van der Waals surface area contributed by atoms with Gasteiger partial charge in [-0.1, -0.05) is 30.3 Å². The van der Waals surface area contributed by atoms with Gasteiger partial charge in [0, 0.05) is 32.4 Å². The highest BCUT2D eigenvalue weighted by atomic mass is 15.2. The first-order valence-electron chi connectivity index (χ1n) is 7.93. The summed E-state index contributed by atoms with van der Waals surface area (Å²) in [5.41, 5.74) is 6.95. The van der Waals surface area contributed by atoms with Crippen LogP contribution in [0.5, 0.6) is 0 Å². The molecule has 5 heteroatoms. The normalized spacial score (nSPS) is 15.8. The van der Waals surface area contributed by atoms with Crippen LogP contribution in [0.25, 0.3) is 0 Å². The SMILES string of the molecule is NCCNc1nccc(N2CCC(c3ccccc3)CC2)n1. The van der Waals surface area contributed by atoms with Crippen molar-refractivity contribution in [2.75, 3.05) is 36.4 Å². The maximum atomic E-state index is 5.50.